The van der Waals surface area contributed by atoms with E-state index in [0.717, 1.165) is 11.8 Å². The van der Waals surface area contributed by atoms with E-state index in [4.69, 9.17) is 13.9 Å². The second-order valence-corrected chi connectivity index (χ2v) is 7.60. The Morgan fingerprint density at radius 3 is 2.57 bits per heavy atom. The van der Waals surface area contributed by atoms with Crippen LogP contribution in [0, 0.1) is 0 Å². The van der Waals surface area contributed by atoms with Crippen molar-refractivity contribution in [3.63, 3.8) is 0 Å². The van der Waals surface area contributed by atoms with E-state index in [1.807, 2.05) is 0 Å². The van der Waals surface area contributed by atoms with Crippen LogP contribution in [-0.4, -0.2) is 42.3 Å². The highest BCUT2D eigenvalue weighted by molar-refractivity contribution is 8.18. The number of esters is 1. The maximum atomic E-state index is 12.4. The smallest absolute Gasteiger partial charge is 0.373 e. The minimum absolute atomic E-state index is 0.0833. The summed E-state index contributed by atoms with van der Waals surface area (Å²) in [5, 5.41) is -0.280. The normalized spacial score (nSPS) is 15.2. The van der Waals surface area contributed by atoms with Gasteiger partial charge in [0, 0.05) is 6.04 Å². The lowest BCUT2D eigenvalue weighted by Crippen LogP contribution is -2.34. The summed E-state index contributed by atoms with van der Waals surface area (Å²) in [5.41, 5.74) is 0.694. The molecule has 1 aromatic carbocycles. The maximum Gasteiger partial charge on any atom is 0.373 e. The monoisotopic (exact) mass is 431 g/mol. The van der Waals surface area contributed by atoms with Gasteiger partial charge in [0.25, 0.3) is 11.1 Å². The molecule has 0 unspecified atom stereocenters. The van der Waals surface area contributed by atoms with Crippen LogP contribution >= 0.6 is 11.8 Å². The average molecular weight is 431 g/mol. The lowest BCUT2D eigenvalue weighted by molar-refractivity contribution is -0.123. The number of ether oxygens (including phenoxy) is 3. The maximum absolute atomic E-state index is 12.4. The molecule has 1 fully saturated rings. The summed E-state index contributed by atoms with van der Waals surface area (Å²) in [5.74, 6) is 0.578. The summed E-state index contributed by atoms with van der Waals surface area (Å²) in [4.78, 5) is 37.5. The molecule has 0 aliphatic carbocycles. The zero-order chi connectivity index (χ0) is 21.8. The van der Waals surface area contributed by atoms with E-state index >= 15 is 0 Å². The number of carbonyl (C=O) groups is 3. The van der Waals surface area contributed by atoms with Gasteiger partial charge in [-0.1, -0.05) is 6.07 Å². The minimum Gasteiger partial charge on any atom is -0.493 e. The van der Waals surface area contributed by atoms with Gasteiger partial charge in [-0.15, -0.1) is 0 Å². The molecule has 2 amide bonds. The van der Waals surface area contributed by atoms with Crippen LogP contribution in [0.25, 0.3) is 6.08 Å². The van der Waals surface area contributed by atoms with Crippen LogP contribution in [0.4, 0.5) is 4.79 Å². The molecule has 158 valence electrons. The largest absolute Gasteiger partial charge is 0.493 e. The van der Waals surface area contributed by atoms with E-state index < -0.39 is 5.97 Å². The van der Waals surface area contributed by atoms with Crippen molar-refractivity contribution < 1.29 is 33.0 Å². The summed E-state index contributed by atoms with van der Waals surface area (Å²) in [7, 11) is 2.78. The highest BCUT2D eigenvalue weighted by Crippen LogP contribution is 2.35. The van der Waals surface area contributed by atoms with E-state index in [1.165, 1.54) is 25.2 Å². The van der Waals surface area contributed by atoms with Gasteiger partial charge in [0.1, 0.15) is 12.4 Å². The van der Waals surface area contributed by atoms with Crippen molar-refractivity contribution in [2.45, 2.75) is 26.5 Å². The summed E-state index contributed by atoms with van der Waals surface area (Å²) in [6.07, 6.45) is 1.65. The molecular weight excluding hydrogens is 410 g/mol. The molecule has 1 aromatic heterocycles. The minimum atomic E-state index is -0.565. The topological polar surface area (TPSA) is 95.3 Å². The van der Waals surface area contributed by atoms with Crippen LogP contribution < -0.4 is 9.47 Å². The molecule has 2 aromatic rings. The molecule has 0 saturated carbocycles. The third kappa shape index (κ3) is 4.51. The Labute approximate surface area is 177 Å². The van der Waals surface area contributed by atoms with Crippen LogP contribution in [0.5, 0.6) is 11.5 Å². The van der Waals surface area contributed by atoms with Gasteiger partial charge in [-0.05, 0) is 61.5 Å². The molecule has 8 nitrogen and oxygen atoms in total. The quantitative estimate of drug-likeness (QED) is 0.478. The first kappa shape index (κ1) is 21.5. The lowest BCUT2D eigenvalue weighted by Gasteiger charge is -2.16. The van der Waals surface area contributed by atoms with Crippen LogP contribution in [0.3, 0.4) is 0 Å². The van der Waals surface area contributed by atoms with Gasteiger partial charge in [0.05, 0.1) is 19.1 Å². The molecule has 1 saturated heterocycles. The number of rotatable bonds is 7. The van der Waals surface area contributed by atoms with E-state index in [1.54, 1.807) is 44.2 Å². The van der Waals surface area contributed by atoms with Crippen molar-refractivity contribution in [2.24, 2.45) is 0 Å². The molecule has 0 bridgehead atoms. The molecule has 0 atom stereocenters. The number of imide groups is 1. The Morgan fingerprint density at radius 2 is 1.93 bits per heavy atom. The number of thioether (sulfide) groups is 1. The third-order valence-electron chi connectivity index (χ3n) is 4.24. The lowest BCUT2D eigenvalue weighted by atomic mass is 10.1. The average Bonchev–Trinajstić information content (AvgIpc) is 3.30. The second-order valence-electron chi connectivity index (χ2n) is 6.60. The summed E-state index contributed by atoms with van der Waals surface area (Å²) in [6.45, 7) is 3.67. The predicted octanol–water partition coefficient (Wildman–Crippen LogP) is 4.10. The predicted molar refractivity (Wildman–Crippen MR) is 110 cm³/mol. The Kier molecular flexibility index (Phi) is 6.51. The number of benzene rings is 1. The molecule has 2 heterocycles. The van der Waals surface area contributed by atoms with Crippen molar-refractivity contribution >= 4 is 35.0 Å². The molecular formula is C21H21NO7S. The standard InChI is InChI=1S/C21H21NO7S/c1-12(2)22-19(23)18(30-21(22)25)10-13-5-7-15(17(9-13)26-3)28-11-14-6-8-16(29-14)20(24)27-4/h5-10,12H,11H2,1-4H3. The molecule has 9 heteroatoms. The highest BCUT2D eigenvalue weighted by atomic mass is 32.2. The fraction of sp³-hybridized carbons (Fsp3) is 0.286. The number of hydrogen-bond acceptors (Lipinski definition) is 8. The van der Waals surface area contributed by atoms with Crippen LogP contribution in [0.15, 0.2) is 39.7 Å². The van der Waals surface area contributed by atoms with Crippen molar-refractivity contribution in [3.8, 4) is 11.5 Å². The second kappa shape index (κ2) is 9.08. The third-order valence-corrected chi connectivity index (χ3v) is 5.13. The molecule has 3 rings (SSSR count). The first-order valence-corrected chi connectivity index (χ1v) is 9.90. The molecule has 0 N–H and O–H groups in total. The zero-order valence-electron chi connectivity index (χ0n) is 17.0. The van der Waals surface area contributed by atoms with Crippen molar-refractivity contribution in [1.29, 1.82) is 0 Å². The fourth-order valence-corrected chi connectivity index (χ4v) is 3.75. The first-order chi connectivity index (χ1) is 14.3. The number of amides is 2. The van der Waals surface area contributed by atoms with Gasteiger partial charge in [0.15, 0.2) is 11.5 Å². The van der Waals surface area contributed by atoms with Crippen LogP contribution in [-0.2, 0) is 16.1 Å². The molecule has 0 radical (unpaired) electrons. The van der Waals surface area contributed by atoms with E-state index in [9.17, 15) is 14.4 Å². The van der Waals surface area contributed by atoms with Gasteiger partial charge >= 0.3 is 5.97 Å². The Balaban J connectivity index is 1.74. The number of hydrogen-bond donors (Lipinski definition) is 0. The van der Waals surface area contributed by atoms with E-state index in [0.29, 0.717) is 27.7 Å². The summed E-state index contributed by atoms with van der Waals surface area (Å²) >= 11 is 0.913. The highest BCUT2D eigenvalue weighted by Gasteiger charge is 2.36. The Hall–Kier alpha value is -3.20. The fourth-order valence-electron chi connectivity index (χ4n) is 2.78. The van der Waals surface area contributed by atoms with Gasteiger partial charge in [-0.2, -0.15) is 0 Å². The van der Waals surface area contributed by atoms with Crippen LogP contribution in [0.1, 0.15) is 35.7 Å². The number of carbonyl (C=O) groups excluding carboxylic acids is 3. The first-order valence-electron chi connectivity index (χ1n) is 9.09. The van der Waals surface area contributed by atoms with E-state index in [2.05, 4.69) is 4.74 Å². The van der Waals surface area contributed by atoms with Crippen molar-refractivity contribution in [2.75, 3.05) is 14.2 Å². The summed E-state index contributed by atoms with van der Waals surface area (Å²) < 4.78 is 21.1. The molecule has 0 spiro atoms. The summed E-state index contributed by atoms with van der Waals surface area (Å²) in [6, 6.07) is 8.09. The van der Waals surface area contributed by atoms with Gasteiger partial charge in [-0.25, -0.2) is 4.79 Å². The number of methoxy groups -OCH3 is 2. The van der Waals surface area contributed by atoms with E-state index in [-0.39, 0.29) is 29.6 Å². The van der Waals surface area contributed by atoms with Crippen LogP contribution in [0.2, 0.25) is 0 Å². The van der Waals surface area contributed by atoms with Crippen molar-refractivity contribution in [3.05, 3.63) is 52.3 Å². The Bertz CT molecular complexity index is 1010. The SMILES string of the molecule is COC(=O)c1ccc(COc2ccc(C=C3SC(=O)N(C(C)C)C3=O)cc2OC)o1. The van der Waals surface area contributed by atoms with Gasteiger partial charge in [-0.3, -0.25) is 14.5 Å². The Morgan fingerprint density at radius 1 is 1.17 bits per heavy atom. The number of furan rings is 1. The molecule has 1 aliphatic heterocycles. The van der Waals surface area contributed by atoms with Crippen molar-refractivity contribution in [1.82, 2.24) is 4.90 Å². The zero-order valence-corrected chi connectivity index (χ0v) is 17.8. The molecule has 30 heavy (non-hydrogen) atoms. The van der Waals surface area contributed by atoms with Gasteiger partial charge in [0.2, 0.25) is 5.76 Å². The van der Waals surface area contributed by atoms with Gasteiger partial charge < -0.3 is 18.6 Å². The molecule has 1 aliphatic rings. The number of nitrogens with zero attached hydrogens (tertiary/aromatic N) is 1.